The zero-order chi connectivity index (χ0) is 30.9. The van der Waals surface area contributed by atoms with Crippen molar-refractivity contribution in [1.82, 2.24) is 0 Å². The van der Waals surface area contributed by atoms with E-state index in [0.29, 0.717) is 13.2 Å². The van der Waals surface area contributed by atoms with Gasteiger partial charge in [-0.15, -0.1) is 24.8 Å². The van der Waals surface area contributed by atoms with Gasteiger partial charge < -0.3 is 0 Å². The molecular weight excluding hydrogens is 683 g/mol. The molecule has 0 saturated carbocycles. The van der Waals surface area contributed by atoms with Gasteiger partial charge >= 0.3 is 264 Å². The topological polar surface area (TPSA) is 0 Å². The van der Waals surface area contributed by atoms with Crippen molar-refractivity contribution in [2.24, 2.45) is 5.92 Å². The minimum atomic E-state index is -3.65. The van der Waals surface area contributed by atoms with Crippen molar-refractivity contribution in [3.8, 4) is 22.3 Å². The Labute approximate surface area is 287 Å². The van der Waals surface area contributed by atoms with Crippen LogP contribution in [0.5, 0.6) is 0 Å². The van der Waals surface area contributed by atoms with Gasteiger partial charge in [-0.1, -0.05) is 0 Å². The molecule has 2 aliphatic carbocycles. The summed E-state index contributed by atoms with van der Waals surface area (Å²) in [5.41, 5.74) is 17.6. The molecule has 0 heterocycles. The summed E-state index contributed by atoms with van der Waals surface area (Å²) in [6.45, 7) is 18.9. The van der Waals surface area contributed by atoms with Gasteiger partial charge in [-0.05, 0) is 0 Å². The van der Waals surface area contributed by atoms with Crippen molar-refractivity contribution < 1.29 is 17.4 Å². The summed E-state index contributed by atoms with van der Waals surface area (Å²) in [7, 11) is 0. The van der Waals surface area contributed by atoms with Crippen molar-refractivity contribution in [1.29, 1.82) is 0 Å². The number of allylic oxidation sites excluding steroid dienone is 2. The quantitative estimate of drug-likeness (QED) is 0.179. The minimum absolute atomic E-state index is 0. The van der Waals surface area contributed by atoms with E-state index >= 15 is 0 Å². The summed E-state index contributed by atoms with van der Waals surface area (Å²) in [5.74, 6) is 0.508. The molecule has 0 aliphatic heterocycles. The Hall–Kier alpha value is -1.96. The fraction of sp³-hybridized carbons (Fsp3) is 0.317. The third-order valence-corrected chi connectivity index (χ3v) is 27.9. The third-order valence-electron chi connectivity index (χ3n) is 10.3. The van der Waals surface area contributed by atoms with E-state index in [9.17, 15) is 0 Å². The standard InChI is InChI=1S/C22H25.C17H15.2CH3.2ClH.H2Si.Zr/c1-15(2)18-13-17-7-6-8-20(21(17)14-18)16-9-11-19(12-10-16)22(3,4)5;1-12-8-15-9-13(2)11-17(15)16(10-12)14-6-4-3-5-7-14;;;;;;/h6-15H,1-5H3;3-11H,1-2H3;2*1H3;2*1H;1H2;. The fourth-order valence-corrected chi connectivity index (χ4v) is 29.0. The van der Waals surface area contributed by atoms with Crippen molar-refractivity contribution in [3.05, 3.63) is 129 Å². The first-order chi connectivity index (χ1) is 20.2. The van der Waals surface area contributed by atoms with Crippen LogP contribution in [0.15, 0.2) is 96.1 Å². The molecule has 45 heavy (non-hydrogen) atoms. The largest absolute Gasteiger partial charge is 0.147 e. The predicted molar refractivity (Wildman–Crippen MR) is 204 cm³/mol. The first-order valence-corrected chi connectivity index (χ1v) is 29.7. The van der Waals surface area contributed by atoms with Crippen LogP contribution in [-0.4, -0.2) is 6.88 Å². The van der Waals surface area contributed by atoms with Crippen LogP contribution in [0.25, 0.3) is 34.4 Å². The Kier molecular flexibility index (Phi) is 10.0. The smallest absolute Gasteiger partial charge is 0.147 e. The summed E-state index contributed by atoms with van der Waals surface area (Å²) >= 11 is -3.65. The van der Waals surface area contributed by atoms with E-state index in [-0.39, 0.29) is 30.2 Å². The second kappa shape index (κ2) is 12.6. The second-order valence-electron chi connectivity index (χ2n) is 15.8. The Balaban J connectivity index is 0.00000230. The number of hydrogen-bond donors (Lipinski definition) is 0. The molecule has 4 heteroatoms. The number of fused-ring (bicyclic) bond motifs is 2. The molecule has 0 saturated heterocycles. The van der Waals surface area contributed by atoms with Gasteiger partial charge in [-0.25, -0.2) is 0 Å². The Bertz CT molecular complexity index is 1870. The van der Waals surface area contributed by atoms with Gasteiger partial charge in [0.25, 0.3) is 0 Å². The Morgan fingerprint density at radius 1 is 0.667 bits per heavy atom. The van der Waals surface area contributed by atoms with Crippen LogP contribution >= 0.6 is 24.8 Å². The molecule has 0 aromatic heterocycles. The third kappa shape index (κ3) is 6.23. The van der Waals surface area contributed by atoms with Crippen LogP contribution in [0.2, 0.25) is 9.26 Å². The number of aryl methyl sites for hydroxylation is 1. The summed E-state index contributed by atoms with van der Waals surface area (Å²) in [5, 5.41) is 0. The normalized spacial score (nSPS) is 17.6. The van der Waals surface area contributed by atoms with Gasteiger partial charge in [-0.3, -0.25) is 0 Å². The molecule has 0 radical (unpaired) electrons. The van der Waals surface area contributed by atoms with Crippen molar-refractivity contribution in [2.45, 2.75) is 70.4 Å². The summed E-state index contributed by atoms with van der Waals surface area (Å²) in [4.78, 5) is 0. The molecule has 0 spiro atoms. The number of benzene rings is 4. The van der Waals surface area contributed by atoms with Crippen LogP contribution < -0.4 is 0 Å². The van der Waals surface area contributed by atoms with E-state index in [2.05, 4.69) is 162 Å². The molecule has 2 unspecified atom stereocenters. The second-order valence-corrected chi connectivity index (χ2v) is 46.3. The molecule has 236 valence electrons. The van der Waals surface area contributed by atoms with Crippen molar-refractivity contribution in [2.75, 3.05) is 0 Å². The SMILES string of the molecule is CC1=Cc2c(-c3ccccc3)cc(C)cc2[CH]1[Zr]([CH3])([CH3])(=[SiH2])[CH]1C(C(C)C)=Cc2c(-c3ccc(C(C)(C)C)cc3)cccc21.Cl.Cl. The van der Waals surface area contributed by atoms with E-state index in [1.54, 1.807) is 22.3 Å². The summed E-state index contributed by atoms with van der Waals surface area (Å²) < 4.78 is 6.57. The Morgan fingerprint density at radius 3 is 1.87 bits per heavy atom. The zero-order valence-electron chi connectivity index (χ0n) is 28.5. The molecule has 0 N–H and O–H groups in total. The van der Waals surface area contributed by atoms with E-state index < -0.39 is 17.4 Å². The Morgan fingerprint density at radius 2 is 1.27 bits per heavy atom. The average molecular weight is 733 g/mol. The van der Waals surface area contributed by atoms with Crippen LogP contribution in [0.3, 0.4) is 0 Å². The molecular formula is C41H50Cl2SiZr. The maximum atomic E-state index is 2.77. The van der Waals surface area contributed by atoms with Gasteiger partial charge in [0.1, 0.15) is 0 Å². The maximum absolute atomic E-state index is 3.65. The zero-order valence-corrected chi connectivity index (χ0v) is 34.0. The molecule has 4 aromatic carbocycles. The van der Waals surface area contributed by atoms with E-state index in [4.69, 9.17) is 0 Å². The molecule has 0 bridgehead atoms. The van der Waals surface area contributed by atoms with Crippen molar-refractivity contribution >= 4 is 43.8 Å². The van der Waals surface area contributed by atoms with E-state index in [1.807, 2.05) is 0 Å². The molecule has 6 rings (SSSR count). The van der Waals surface area contributed by atoms with Gasteiger partial charge in [0.05, 0.1) is 0 Å². The molecule has 2 atom stereocenters. The van der Waals surface area contributed by atoms with Crippen LogP contribution in [-0.2, 0) is 22.8 Å². The monoisotopic (exact) mass is 730 g/mol. The average Bonchev–Trinajstić information content (AvgIpc) is 3.52. The van der Waals surface area contributed by atoms with Gasteiger partial charge in [0.2, 0.25) is 0 Å². The number of hydrogen-bond acceptors (Lipinski definition) is 0. The fourth-order valence-electron chi connectivity index (χ4n) is 8.45. The molecule has 0 nitrogen and oxygen atoms in total. The first-order valence-electron chi connectivity index (χ1n) is 16.1. The van der Waals surface area contributed by atoms with Gasteiger partial charge in [0.15, 0.2) is 0 Å². The van der Waals surface area contributed by atoms with Crippen molar-refractivity contribution in [3.63, 3.8) is 0 Å². The van der Waals surface area contributed by atoms with E-state index in [1.165, 1.54) is 44.5 Å². The van der Waals surface area contributed by atoms with Crippen LogP contribution in [0.1, 0.15) is 82.2 Å². The number of rotatable bonds is 5. The predicted octanol–water partition coefficient (Wildman–Crippen LogP) is 12.1. The maximum Gasteiger partial charge on any atom is -0.147 e. The van der Waals surface area contributed by atoms with Crippen LogP contribution in [0.4, 0.5) is 0 Å². The molecule has 0 fully saturated rings. The summed E-state index contributed by atoms with van der Waals surface area (Å²) in [6.07, 6.45) is 5.14. The molecule has 0 amide bonds. The summed E-state index contributed by atoms with van der Waals surface area (Å²) in [6, 6.07) is 32.4. The van der Waals surface area contributed by atoms with E-state index in [0.717, 1.165) is 0 Å². The van der Waals surface area contributed by atoms with Crippen LogP contribution in [0, 0.1) is 12.8 Å². The first kappa shape index (κ1) is 35.9. The minimum Gasteiger partial charge on any atom is -0.147 e. The molecule has 2 aliphatic rings. The number of halogens is 2. The van der Waals surface area contributed by atoms with Gasteiger partial charge in [-0.2, -0.15) is 0 Å². The van der Waals surface area contributed by atoms with Gasteiger partial charge in [0, 0.05) is 0 Å². The molecule has 4 aromatic rings.